The Bertz CT molecular complexity index is 315. The van der Waals surface area contributed by atoms with Crippen molar-refractivity contribution >= 4 is 11.8 Å². The second-order valence-electron chi connectivity index (χ2n) is 2.18. The molecule has 1 aliphatic rings. The van der Waals surface area contributed by atoms with Gasteiger partial charge in [0, 0.05) is 6.20 Å². The van der Waals surface area contributed by atoms with E-state index in [9.17, 15) is 0 Å². The average Bonchev–Trinajstić information content (AvgIpc) is 2.28. The maximum atomic E-state index is 4.08. The summed E-state index contributed by atoms with van der Waals surface area (Å²) in [4.78, 5) is 7.98. The summed E-state index contributed by atoms with van der Waals surface area (Å²) in [7, 11) is 0. The van der Waals surface area contributed by atoms with Crippen LogP contribution in [0.25, 0.3) is 6.08 Å². The lowest BCUT2D eigenvalue weighted by Gasteiger charge is -1.99. The summed E-state index contributed by atoms with van der Waals surface area (Å²) in [6.07, 6.45) is 10.9. The van der Waals surface area contributed by atoms with E-state index in [2.05, 4.69) is 15.3 Å². The number of aromatic nitrogens is 2. The first kappa shape index (κ1) is 6.09. The van der Waals surface area contributed by atoms with Crippen LogP contribution < -0.4 is 5.32 Å². The molecule has 0 unspecified atom stereocenters. The molecule has 2 rings (SSSR count). The quantitative estimate of drug-likeness (QED) is 0.600. The molecule has 0 atom stereocenters. The molecule has 1 N–H and O–H groups in total. The van der Waals surface area contributed by atoms with Gasteiger partial charge in [-0.2, -0.15) is 0 Å². The van der Waals surface area contributed by atoms with Gasteiger partial charge >= 0.3 is 0 Å². The SMILES string of the molecule is C1=CNc2cncnc2C=C1. The summed E-state index contributed by atoms with van der Waals surface area (Å²) in [5.41, 5.74) is 1.86. The summed E-state index contributed by atoms with van der Waals surface area (Å²) in [5, 5.41) is 3.06. The lowest BCUT2D eigenvalue weighted by molar-refractivity contribution is 1.15. The molecule has 3 heteroatoms. The maximum Gasteiger partial charge on any atom is 0.116 e. The molecule has 0 aromatic carbocycles. The Morgan fingerprint density at radius 1 is 1.27 bits per heavy atom. The van der Waals surface area contributed by atoms with E-state index < -0.39 is 0 Å². The molecule has 0 fully saturated rings. The van der Waals surface area contributed by atoms with E-state index in [-0.39, 0.29) is 0 Å². The van der Waals surface area contributed by atoms with E-state index in [0.717, 1.165) is 11.4 Å². The molecule has 0 saturated heterocycles. The number of anilines is 1. The maximum absolute atomic E-state index is 4.08. The first-order valence-corrected chi connectivity index (χ1v) is 3.36. The van der Waals surface area contributed by atoms with E-state index in [4.69, 9.17) is 0 Å². The first-order valence-electron chi connectivity index (χ1n) is 3.36. The number of hydrogen-bond donors (Lipinski definition) is 1. The van der Waals surface area contributed by atoms with Gasteiger partial charge in [-0.05, 0) is 12.2 Å². The predicted octanol–water partition coefficient (Wildman–Crippen LogP) is 1.43. The summed E-state index contributed by atoms with van der Waals surface area (Å²) in [6, 6.07) is 0. The summed E-state index contributed by atoms with van der Waals surface area (Å²) in [5.74, 6) is 0. The zero-order valence-electron chi connectivity index (χ0n) is 5.86. The van der Waals surface area contributed by atoms with Gasteiger partial charge in [-0.1, -0.05) is 6.08 Å². The number of nitrogens with zero attached hydrogens (tertiary/aromatic N) is 2. The topological polar surface area (TPSA) is 37.8 Å². The highest BCUT2D eigenvalue weighted by Crippen LogP contribution is 2.13. The Balaban J connectivity index is 2.52. The molecule has 0 aliphatic carbocycles. The highest BCUT2D eigenvalue weighted by atomic mass is 14.9. The van der Waals surface area contributed by atoms with Crippen molar-refractivity contribution in [3.63, 3.8) is 0 Å². The van der Waals surface area contributed by atoms with Crippen LogP contribution in [-0.4, -0.2) is 9.97 Å². The molecule has 0 spiro atoms. The molecule has 0 bridgehead atoms. The van der Waals surface area contributed by atoms with Crippen LogP contribution in [0, 0.1) is 0 Å². The van der Waals surface area contributed by atoms with Crippen molar-refractivity contribution < 1.29 is 0 Å². The number of allylic oxidation sites excluding steroid dienone is 2. The van der Waals surface area contributed by atoms with Crippen molar-refractivity contribution in [3.8, 4) is 0 Å². The molecular formula is C8H7N3. The highest BCUT2D eigenvalue weighted by Gasteiger charge is 1.98. The van der Waals surface area contributed by atoms with Crippen molar-refractivity contribution in [2.24, 2.45) is 0 Å². The third-order valence-electron chi connectivity index (χ3n) is 1.44. The molecule has 0 amide bonds. The van der Waals surface area contributed by atoms with E-state index in [0.29, 0.717) is 0 Å². The van der Waals surface area contributed by atoms with Gasteiger partial charge in [0.1, 0.15) is 6.33 Å². The highest BCUT2D eigenvalue weighted by molar-refractivity contribution is 5.65. The van der Waals surface area contributed by atoms with Crippen LogP contribution in [0.4, 0.5) is 5.69 Å². The molecule has 1 aromatic rings. The number of nitrogens with one attached hydrogen (secondary N) is 1. The average molecular weight is 145 g/mol. The first-order chi connectivity index (χ1) is 5.47. The monoisotopic (exact) mass is 145 g/mol. The van der Waals surface area contributed by atoms with Crippen LogP contribution in [0.5, 0.6) is 0 Å². The number of rotatable bonds is 0. The van der Waals surface area contributed by atoms with Gasteiger partial charge in [0.05, 0.1) is 17.6 Å². The van der Waals surface area contributed by atoms with E-state index in [1.165, 1.54) is 6.33 Å². The third kappa shape index (κ3) is 1.12. The number of hydrogen-bond acceptors (Lipinski definition) is 3. The molecule has 11 heavy (non-hydrogen) atoms. The molecular weight excluding hydrogens is 138 g/mol. The zero-order chi connectivity index (χ0) is 7.52. The Morgan fingerprint density at radius 2 is 2.27 bits per heavy atom. The summed E-state index contributed by atoms with van der Waals surface area (Å²) >= 11 is 0. The van der Waals surface area contributed by atoms with Crippen LogP contribution in [0.2, 0.25) is 0 Å². The van der Waals surface area contributed by atoms with Gasteiger partial charge in [0.2, 0.25) is 0 Å². The molecule has 0 radical (unpaired) electrons. The fourth-order valence-electron chi connectivity index (χ4n) is 0.923. The lowest BCUT2D eigenvalue weighted by atomic mass is 10.3. The second-order valence-corrected chi connectivity index (χ2v) is 2.18. The Kier molecular flexibility index (Phi) is 1.41. The van der Waals surface area contributed by atoms with Crippen molar-refractivity contribution in [2.75, 3.05) is 5.32 Å². The fraction of sp³-hybridized carbons (Fsp3) is 0. The van der Waals surface area contributed by atoms with Crippen molar-refractivity contribution in [1.29, 1.82) is 0 Å². The van der Waals surface area contributed by atoms with Crippen LogP contribution in [-0.2, 0) is 0 Å². The largest absolute Gasteiger partial charge is 0.359 e. The van der Waals surface area contributed by atoms with Crippen LogP contribution in [0.3, 0.4) is 0 Å². The van der Waals surface area contributed by atoms with Crippen molar-refractivity contribution in [3.05, 3.63) is 36.6 Å². The number of fused-ring (bicyclic) bond motifs is 1. The third-order valence-corrected chi connectivity index (χ3v) is 1.44. The summed E-state index contributed by atoms with van der Waals surface area (Å²) < 4.78 is 0. The van der Waals surface area contributed by atoms with Gasteiger partial charge in [0.15, 0.2) is 0 Å². The zero-order valence-corrected chi connectivity index (χ0v) is 5.86. The minimum absolute atomic E-state index is 0.921. The molecule has 0 saturated carbocycles. The van der Waals surface area contributed by atoms with Crippen LogP contribution >= 0.6 is 0 Å². The molecule has 3 nitrogen and oxygen atoms in total. The molecule has 1 aliphatic heterocycles. The normalized spacial score (nSPS) is 13.5. The van der Waals surface area contributed by atoms with Crippen LogP contribution in [0.15, 0.2) is 30.9 Å². The Morgan fingerprint density at radius 3 is 3.27 bits per heavy atom. The van der Waals surface area contributed by atoms with Crippen molar-refractivity contribution in [1.82, 2.24) is 9.97 Å². The van der Waals surface area contributed by atoms with Gasteiger partial charge in [0.25, 0.3) is 0 Å². The minimum Gasteiger partial charge on any atom is -0.359 e. The van der Waals surface area contributed by atoms with Gasteiger partial charge in [-0.25, -0.2) is 9.97 Å². The lowest BCUT2D eigenvalue weighted by Crippen LogP contribution is -1.92. The predicted molar refractivity (Wildman–Crippen MR) is 43.8 cm³/mol. The van der Waals surface area contributed by atoms with E-state index in [1.807, 2.05) is 24.4 Å². The molecule has 54 valence electrons. The Labute approximate surface area is 64.5 Å². The second kappa shape index (κ2) is 2.54. The van der Waals surface area contributed by atoms with Crippen molar-refractivity contribution in [2.45, 2.75) is 0 Å². The Hall–Kier alpha value is -1.64. The van der Waals surface area contributed by atoms with Gasteiger partial charge < -0.3 is 5.32 Å². The van der Waals surface area contributed by atoms with Crippen LogP contribution in [0.1, 0.15) is 5.69 Å². The van der Waals surface area contributed by atoms with Gasteiger partial charge in [-0.3, -0.25) is 0 Å². The van der Waals surface area contributed by atoms with Gasteiger partial charge in [-0.15, -0.1) is 0 Å². The standard InChI is InChI=1S/C8H7N3/c1-2-4-10-8-5-9-6-11-7(8)3-1/h1-6,10H. The summed E-state index contributed by atoms with van der Waals surface area (Å²) in [6.45, 7) is 0. The molecule has 1 aromatic heterocycles. The van der Waals surface area contributed by atoms with E-state index >= 15 is 0 Å². The fourth-order valence-corrected chi connectivity index (χ4v) is 0.923. The molecule has 2 heterocycles. The van der Waals surface area contributed by atoms with E-state index in [1.54, 1.807) is 6.20 Å². The minimum atomic E-state index is 0.921. The smallest absolute Gasteiger partial charge is 0.116 e.